The Bertz CT molecular complexity index is 431. The van der Waals surface area contributed by atoms with Gasteiger partial charge in [0.15, 0.2) is 0 Å². The van der Waals surface area contributed by atoms with Crippen molar-refractivity contribution in [3.8, 4) is 0 Å². The van der Waals surface area contributed by atoms with Crippen LogP contribution in [0.15, 0.2) is 18.2 Å². The Morgan fingerprint density at radius 2 is 2.28 bits per heavy atom. The maximum Gasteiger partial charge on any atom is 0.224 e. The van der Waals surface area contributed by atoms with Crippen molar-refractivity contribution >= 4 is 34.8 Å². The van der Waals surface area contributed by atoms with E-state index in [1.807, 2.05) is 0 Å². The lowest BCUT2D eigenvalue weighted by Crippen LogP contribution is -2.15. The number of halogens is 2. The van der Waals surface area contributed by atoms with E-state index < -0.39 is 0 Å². The molecule has 1 unspecified atom stereocenters. The van der Waals surface area contributed by atoms with E-state index in [1.165, 1.54) is 0 Å². The number of carbonyl (C=O) groups is 1. The van der Waals surface area contributed by atoms with Gasteiger partial charge in [-0.15, -0.1) is 0 Å². The summed E-state index contributed by atoms with van der Waals surface area (Å²) in [7, 11) is 0. The molecule has 0 radical (unpaired) electrons. The second-order valence-corrected chi connectivity index (χ2v) is 5.41. The van der Waals surface area contributed by atoms with Crippen molar-refractivity contribution in [2.24, 2.45) is 5.92 Å². The number of anilines is 1. The van der Waals surface area contributed by atoms with Crippen molar-refractivity contribution < 1.29 is 4.79 Å². The summed E-state index contributed by atoms with van der Waals surface area (Å²) in [4.78, 5) is 11.8. The lowest BCUT2D eigenvalue weighted by atomic mass is 10.0. The first-order valence-corrected chi connectivity index (χ1v) is 6.86. The molecular weight excluding hydrogens is 271 g/mol. The molecule has 18 heavy (non-hydrogen) atoms. The van der Waals surface area contributed by atoms with Crippen LogP contribution in [-0.2, 0) is 4.79 Å². The third-order valence-electron chi connectivity index (χ3n) is 3.14. The molecular formula is C13H16Cl2N2O. The standard InChI is InChI=1S/C13H16Cl2N2O/c14-10-2-3-11(15)12(7-10)17-13(18)4-1-9-5-6-16-8-9/h2-3,7,9,16H,1,4-6,8H2,(H,17,18). The van der Waals surface area contributed by atoms with Crippen molar-refractivity contribution in [3.05, 3.63) is 28.2 Å². The summed E-state index contributed by atoms with van der Waals surface area (Å²) in [6.07, 6.45) is 2.59. The first kappa shape index (κ1) is 13.7. The maximum atomic E-state index is 11.8. The van der Waals surface area contributed by atoms with Gasteiger partial charge in [0.05, 0.1) is 10.7 Å². The molecule has 0 saturated carbocycles. The van der Waals surface area contributed by atoms with Crippen molar-refractivity contribution in [2.75, 3.05) is 18.4 Å². The fraction of sp³-hybridized carbons (Fsp3) is 0.462. The number of carbonyl (C=O) groups excluding carboxylic acids is 1. The van der Waals surface area contributed by atoms with Gasteiger partial charge in [0, 0.05) is 11.4 Å². The molecule has 1 amide bonds. The average molecular weight is 287 g/mol. The van der Waals surface area contributed by atoms with Crippen molar-refractivity contribution in [1.82, 2.24) is 5.32 Å². The predicted molar refractivity (Wildman–Crippen MR) is 75.3 cm³/mol. The molecule has 98 valence electrons. The normalized spacial score (nSPS) is 18.9. The monoisotopic (exact) mass is 286 g/mol. The fourth-order valence-corrected chi connectivity index (χ4v) is 2.44. The Kier molecular flexibility index (Phi) is 4.87. The van der Waals surface area contributed by atoms with Gasteiger partial charge in [-0.3, -0.25) is 4.79 Å². The summed E-state index contributed by atoms with van der Waals surface area (Å²) >= 11 is 11.8. The molecule has 0 aromatic heterocycles. The van der Waals surface area contributed by atoms with Gasteiger partial charge in [-0.05, 0) is 50.0 Å². The Morgan fingerprint density at radius 1 is 1.44 bits per heavy atom. The Hall–Kier alpha value is -0.770. The van der Waals surface area contributed by atoms with E-state index in [9.17, 15) is 4.79 Å². The molecule has 1 aromatic rings. The molecule has 3 nitrogen and oxygen atoms in total. The molecule has 1 fully saturated rings. The second kappa shape index (κ2) is 6.41. The molecule has 0 aliphatic carbocycles. The van der Waals surface area contributed by atoms with Gasteiger partial charge in [0.25, 0.3) is 0 Å². The van der Waals surface area contributed by atoms with Gasteiger partial charge in [0.2, 0.25) is 5.91 Å². The van der Waals surface area contributed by atoms with Crippen LogP contribution in [-0.4, -0.2) is 19.0 Å². The minimum atomic E-state index is -0.00827. The predicted octanol–water partition coefficient (Wildman–Crippen LogP) is 3.32. The van der Waals surface area contributed by atoms with E-state index >= 15 is 0 Å². The van der Waals surface area contributed by atoms with Gasteiger partial charge in [0.1, 0.15) is 0 Å². The van der Waals surface area contributed by atoms with Crippen LogP contribution in [0.1, 0.15) is 19.3 Å². The van der Waals surface area contributed by atoms with Gasteiger partial charge in [-0.25, -0.2) is 0 Å². The first-order chi connectivity index (χ1) is 8.65. The molecule has 1 atom stereocenters. The van der Waals surface area contributed by atoms with Gasteiger partial charge in [-0.1, -0.05) is 23.2 Å². The van der Waals surface area contributed by atoms with Crippen LogP contribution in [0.3, 0.4) is 0 Å². The Labute approximate surface area is 117 Å². The topological polar surface area (TPSA) is 41.1 Å². The highest BCUT2D eigenvalue weighted by molar-refractivity contribution is 6.35. The van der Waals surface area contributed by atoms with Crippen molar-refractivity contribution in [1.29, 1.82) is 0 Å². The lowest BCUT2D eigenvalue weighted by Gasteiger charge is -2.10. The SMILES string of the molecule is O=C(CCC1CCNC1)Nc1cc(Cl)ccc1Cl. The Balaban J connectivity index is 1.84. The van der Waals surface area contributed by atoms with E-state index in [1.54, 1.807) is 18.2 Å². The number of hydrogen-bond acceptors (Lipinski definition) is 2. The maximum absolute atomic E-state index is 11.8. The fourth-order valence-electron chi connectivity index (χ4n) is 2.10. The van der Waals surface area contributed by atoms with Crippen LogP contribution in [0, 0.1) is 5.92 Å². The van der Waals surface area contributed by atoms with Crippen LogP contribution in [0.25, 0.3) is 0 Å². The lowest BCUT2D eigenvalue weighted by molar-refractivity contribution is -0.116. The zero-order valence-corrected chi connectivity index (χ0v) is 11.5. The molecule has 5 heteroatoms. The summed E-state index contributed by atoms with van der Waals surface area (Å²) in [6, 6.07) is 5.04. The van der Waals surface area contributed by atoms with Gasteiger partial charge < -0.3 is 10.6 Å². The third kappa shape index (κ3) is 3.87. The Morgan fingerprint density at radius 3 is 3.00 bits per heavy atom. The number of hydrogen-bond donors (Lipinski definition) is 2. The highest BCUT2D eigenvalue weighted by Gasteiger charge is 2.16. The highest BCUT2D eigenvalue weighted by Crippen LogP contribution is 2.25. The van der Waals surface area contributed by atoms with Crippen LogP contribution in [0.5, 0.6) is 0 Å². The highest BCUT2D eigenvalue weighted by atomic mass is 35.5. The second-order valence-electron chi connectivity index (χ2n) is 4.57. The molecule has 1 heterocycles. The summed E-state index contributed by atoms with van der Waals surface area (Å²) < 4.78 is 0. The summed E-state index contributed by atoms with van der Waals surface area (Å²) in [6.45, 7) is 2.08. The van der Waals surface area contributed by atoms with E-state index in [-0.39, 0.29) is 5.91 Å². The number of amides is 1. The van der Waals surface area contributed by atoms with Crippen LogP contribution in [0.4, 0.5) is 5.69 Å². The van der Waals surface area contributed by atoms with Crippen LogP contribution in [0.2, 0.25) is 10.0 Å². The van der Waals surface area contributed by atoms with E-state index in [0.29, 0.717) is 28.1 Å². The van der Waals surface area contributed by atoms with Crippen LogP contribution < -0.4 is 10.6 Å². The minimum Gasteiger partial charge on any atom is -0.325 e. The summed E-state index contributed by atoms with van der Waals surface area (Å²) in [5.74, 6) is 0.608. The molecule has 2 rings (SSSR count). The molecule has 2 N–H and O–H groups in total. The number of benzene rings is 1. The smallest absolute Gasteiger partial charge is 0.224 e. The quantitative estimate of drug-likeness (QED) is 0.892. The summed E-state index contributed by atoms with van der Waals surface area (Å²) in [5, 5.41) is 7.17. The van der Waals surface area contributed by atoms with Crippen molar-refractivity contribution in [2.45, 2.75) is 19.3 Å². The largest absolute Gasteiger partial charge is 0.325 e. The first-order valence-electron chi connectivity index (χ1n) is 6.11. The van der Waals surface area contributed by atoms with Crippen LogP contribution >= 0.6 is 23.2 Å². The molecule has 1 aliphatic heterocycles. The minimum absolute atomic E-state index is 0.00827. The van der Waals surface area contributed by atoms with Crippen molar-refractivity contribution in [3.63, 3.8) is 0 Å². The van der Waals surface area contributed by atoms with E-state index in [0.717, 1.165) is 25.9 Å². The molecule has 0 bridgehead atoms. The molecule has 0 spiro atoms. The van der Waals surface area contributed by atoms with Gasteiger partial charge >= 0.3 is 0 Å². The summed E-state index contributed by atoms with van der Waals surface area (Å²) in [5.41, 5.74) is 0.582. The third-order valence-corrected chi connectivity index (χ3v) is 3.71. The number of rotatable bonds is 4. The molecule has 1 saturated heterocycles. The van der Waals surface area contributed by atoms with E-state index in [4.69, 9.17) is 23.2 Å². The van der Waals surface area contributed by atoms with E-state index in [2.05, 4.69) is 10.6 Å². The average Bonchev–Trinajstić information content (AvgIpc) is 2.84. The zero-order chi connectivity index (χ0) is 13.0. The number of nitrogens with one attached hydrogen (secondary N) is 2. The molecule has 1 aliphatic rings. The molecule has 1 aromatic carbocycles. The zero-order valence-electron chi connectivity index (χ0n) is 10.0. The van der Waals surface area contributed by atoms with Gasteiger partial charge in [-0.2, -0.15) is 0 Å².